The summed E-state index contributed by atoms with van der Waals surface area (Å²) in [5, 5.41) is 7.55. The Bertz CT molecular complexity index is 204. The Morgan fingerprint density at radius 2 is 2.40 bits per heavy atom. The second-order valence-corrected chi connectivity index (χ2v) is 2.87. The Hall–Kier alpha value is -0.420. The number of halogens is 1. The van der Waals surface area contributed by atoms with Crippen LogP contribution in [0.25, 0.3) is 0 Å². The molecule has 0 aromatic carbocycles. The van der Waals surface area contributed by atoms with Gasteiger partial charge in [0.15, 0.2) is 0 Å². The van der Waals surface area contributed by atoms with Gasteiger partial charge in [0.1, 0.15) is 0 Å². The molecule has 10 heavy (non-hydrogen) atoms. The van der Waals surface area contributed by atoms with Crippen LogP contribution in [0.5, 0.6) is 0 Å². The molecule has 1 rings (SSSR count). The van der Waals surface area contributed by atoms with Crippen LogP contribution in [0, 0.1) is 0 Å². The number of hydrogen-bond acceptors (Lipinski definition) is 5. The van der Waals surface area contributed by atoms with Gasteiger partial charge in [-0.3, -0.25) is 0 Å². The van der Waals surface area contributed by atoms with E-state index < -0.39 is 0 Å². The van der Waals surface area contributed by atoms with Crippen molar-refractivity contribution in [3.05, 3.63) is 0 Å². The highest BCUT2D eigenvalue weighted by atomic mass is 35.5. The van der Waals surface area contributed by atoms with Crippen molar-refractivity contribution in [1.82, 2.24) is 10.2 Å². The first kappa shape index (κ1) is 7.68. The van der Waals surface area contributed by atoms with E-state index in [1.807, 2.05) is 0 Å². The second-order valence-electron chi connectivity index (χ2n) is 1.44. The maximum atomic E-state index is 5.42. The van der Waals surface area contributed by atoms with E-state index in [-0.39, 0.29) is 6.01 Å². The molecule has 0 fully saturated rings. The van der Waals surface area contributed by atoms with Crippen LogP contribution in [0.15, 0.2) is 9.64 Å². The number of rotatable bonds is 3. The lowest BCUT2D eigenvalue weighted by molar-refractivity contribution is 0.470. The fourth-order valence-electron chi connectivity index (χ4n) is 0.405. The van der Waals surface area contributed by atoms with E-state index >= 15 is 0 Å². The first-order chi connectivity index (χ1) is 4.83. The third kappa shape index (κ3) is 2.07. The summed E-state index contributed by atoms with van der Waals surface area (Å²) in [7, 11) is 0. The molecule has 0 saturated heterocycles. The van der Waals surface area contributed by atoms with Gasteiger partial charge in [-0.15, -0.1) is 11.6 Å². The molecule has 0 aliphatic heterocycles. The van der Waals surface area contributed by atoms with E-state index in [1.165, 1.54) is 11.8 Å². The van der Waals surface area contributed by atoms with Crippen molar-refractivity contribution >= 4 is 29.4 Å². The third-order valence-electron chi connectivity index (χ3n) is 0.725. The van der Waals surface area contributed by atoms with Crippen LogP contribution >= 0.6 is 23.4 Å². The van der Waals surface area contributed by atoms with E-state index in [0.717, 1.165) is 5.75 Å². The van der Waals surface area contributed by atoms with Crippen LogP contribution in [0.2, 0.25) is 0 Å². The topological polar surface area (TPSA) is 64.9 Å². The fourth-order valence-corrected chi connectivity index (χ4v) is 1.13. The molecule has 1 heterocycles. The van der Waals surface area contributed by atoms with Crippen LogP contribution in [0.3, 0.4) is 0 Å². The normalized spacial score (nSPS) is 10.1. The molecule has 2 N–H and O–H groups in total. The van der Waals surface area contributed by atoms with Gasteiger partial charge in [-0.2, -0.15) is 0 Å². The molecule has 1 aromatic rings. The van der Waals surface area contributed by atoms with Crippen molar-refractivity contribution in [2.45, 2.75) is 5.22 Å². The van der Waals surface area contributed by atoms with Crippen molar-refractivity contribution in [2.75, 3.05) is 17.4 Å². The number of aromatic nitrogens is 2. The average molecular weight is 180 g/mol. The first-order valence-electron chi connectivity index (χ1n) is 2.60. The zero-order valence-corrected chi connectivity index (χ0v) is 6.65. The minimum atomic E-state index is 0.0945. The quantitative estimate of drug-likeness (QED) is 0.554. The molecule has 1 aromatic heterocycles. The highest BCUT2D eigenvalue weighted by Crippen LogP contribution is 2.16. The van der Waals surface area contributed by atoms with E-state index in [9.17, 15) is 0 Å². The summed E-state index contributed by atoms with van der Waals surface area (Å²) in [6.07, 6.45) is 0. The Morgan fingerprint density at radius 1 is 1.60 bits per heavy atom. The second kappa shape index (κ2) is 3.68. The van der Waals surface area contributed by atoms with Crippen LogP contribution in [0.1, 0.15) is 0 Å². The van der Waals surface area contributed by atoms with Gasteiger partial charge in [-0.25, -0.2) is 0 Å². The van der Waals surface area contributed by atoms with Crippen molar-refractivity contribution in [3.8, 4) is 0 Å². The molecular formula is C4H6ClN3OS. The van der Waals surface area contributed by atoms with Gasteiger partial charge in [0.2, 0.25) is 0 Å². The maximum Gasteiger partial charge on any atom is 0.313 e. The minimum absolute atomic E-state index is 0.0945. The largest absolute Gasteiger partial charge is 0.398 e. The van der Waals surface area contributed by atoms with E-state index in [4.69, 9.17) is 21.8 Å². The Labute approximate surface area is 67.1 Å². The molecule has 0 unspecified atom stereocenters. The molecular weight excluding hydrogens is 174 g/mol. The maximum absolute atomic E-state index is 5.42. The zero-order valence-electron chi connectivity index (χ0n) is 5.08. The van der Waals surface area contributed by atoms with E-state index in [0.29, 0.717) is 11.1 Å². The lowest BCUT2D eigenvalue weighted by atomic mass is 11.0. The number of hydrogen-bond donors (Lipinski definition) is 1. The first-order valence-corrected chi connectivity index (χ1v) is 4.12. The fraction of sp³-hybridized carbons (Fsp3) is 0.500. The molecule has 0 bridgehead atoms. The van der Waals surface area contributed by atoms with Crippen LogP contribution in [-0.2, 0) is 0 Å². The summed E-state index contributed by atoms with van der Waals surface area (Å²) < 4.78 is 4.85. The Balaban J connectivity index is 2.42. The Kier molecular flexibility index (Phi) is 2.82. The molecule has 0 aliphatic rings. The lowest BCUT2D eigenvalue weighted by Gasteiger charge is -1.86. The highest BCUT2D eigenvalue weighted by Gasteiger charge is 2.00. The zero-order chi connectivity index (χ0) is 7.40. The van der Waals surface area contributed by atoms with E-state index in [2.05, 4.69) is 10.2 Å². The van der Waals surface area contributed by atoms with Gasteiger partial charge < -0.3 is 10.2 Å². The highest BCUT2D eigenvalue weighted by molar-refractivity contribution is 7.99. The Morgan fingerprint density at radius 3 is 2.90 bits per heavy atom. The standard InChI is InChI=1S/C4H6ClN3OS/c5-1-2-10-4-8-7-3(6)9-4/h1-2H2,(H2,6,7). The molecule has 0 aliphatic carbocycles. The van der Waals surface area contributed by atoms with Gasteiger partial charge in [0.25, 0.3) is 5.22 Å². The summed E-state index contributed by atoms with van der Waals surface area (Å²) >= 11 is 6.81. The molecule has 0 saturated carbocycles. The van der Waals surface area contributed by atoms with Gasteiger partial charge in [-0.1, -0.05) is 22.0 Å². The van der Waals surface area contributed by atoms with Gasteiger partial charge in [-0.05, 0) is 0 Å². The molecule has 56 valence electrons. The van der Waals surface area contributed by atoms with Crippen molar-refractivity contribution in [1.29, 1.82) is 0 Å². The van der Waals surface area contributed by atoms with Crippen molar-refractivity contribution in [2.24, 2.45) is 0 Å². The van der Waals surface area contributed by atoms with Gasteiger partial charge >= 0.3 is 6.01 Å². The SMILES string of the molecule is Nc1nnc(SCCCl)o1. The molecule has 0 spiro atoms. The lowest BCUT2D eigenvalue weighted by Crippen LogP contribution is -1.81. The monoisotopic (exact) mass is 179 g/mol. The van der Waals surface area contributed by atoms with Crippen molar-refractivity contribution < 1.29 is 4.42 Å². The predicted molar refractivity (Wildman–Crippen MR) is 40.2 cm³/mol. The van der Waals surface area contributed by atoms with Gasteiger partial charge in [0.05, 0.1) is 0 Å². The number of anilines is 1. The smallest absolute Gasteiger partial charge is 0.313 e. The van der Waals surface area contributed by atoms with Gasteiger partial charge in [0, 0.05) is 11.6 Å². The summed E-state index contributed by atoms with van der Waals surface area (Å²) in [5.74, 6) is 1.32. The summed E-state index contributed by atoms with van der Waals surface area (Å²) in [6.45, 7) is 0. The summed E-state index contributed by atoms with van der Waals surface area (Å²) in [4.78, 5) is 0. The molecule has 0 radical (unpaired) electrons. The molecule has 0 atom stereocenters. The van der Waals surface area contributed by atoms with Crippen LogP contribution in [-0.4, -0.2) is 21.8 Å². The number of thioether (sulfide) groups is 1. The molecule has 0 amide bonds. The number of nitrogens with zero attached hydrogens (tertiary/aromatic N) is 2. The van der Waals surface area contributed by atoms with Crippen LogP contribution in [0.4, 0.5) is 6.01 Å². The van der Waals surface area contributed by atoms with Crippen LogP contribution < -0.4 is 5.73 Å². The third-order valence-corrected chi connectivity index (χ3v) is 1.96. The predicted octanol–water partition coefficient (Wildman–Crippen LogP) is 0.983. The number of nitrogen functional groups attached to an aromatic ring is 1. The van der Waals surface area contributed by atoms with Crippen molar-refractivity contribution in [3.63, 3.8) is 0 Å². The number of nitrogens with two attached hydrogens (primary N) is 1. The summed E-state index contributed by atoms with van der Waals surface area (Å²) in [5.41, 5.74) is 5.16. The van der Waals surface area contributed by atoms with E-state index in [1.54, 1.807) is 0 Å². The molecule has 6 heteroatoms. The minimum Gasteiger partial charge on any atom is -0.398 e. The summed E-state index contributed by atoms with van der Waals surface area (Å²) in [6, 6.07) is 0.0945. The molecule has 4 nitrogen and oxygen atoms in total. The average Bonchev–Trinajstić information content (AvgIpc) is 2.31. The number of alkyl halides is 1.